The Bertz CT molecular complexity index is 1090. The number of para-hydroxylation sites is 1. The van der Waals surface area contributed by atoms with Gasteiger partial charge >= 0.3 is 0 Å². The quantitative estimate of drug-likeness (QED) is 0.663. The average Bonchev–Trinajstić information content (AvgIpc) is 2.74. The van der Waals surface area contributed by atoms with Crippen molar-refractivity contribution < 1.29 is 4.79 Å². The van der Waals surface area contributed by atoms with Gasteiger partial charge in [-0.15, -0.1) is 0 Å². The number of aromatic amines is 1. The van der Waals surface area contributed by atoms with E-state index in [-0.39, 0.29) is 23.9 Å². The normalized spacial score (nSPS) is 14.8. The molecule has 1 amide bonds. The Morgan fingerprint density at radius 3 is 2.52 bits per heavy atom. The lowest BCUT2D eigenvalue weighted by atomic mass is 9.88. The Kier molecular flexibility index (Phi) is 5.52. The van der Waals surface area contributed by atoms with E-state index in [0.717, 1.165) is 47.8 Å². The molecule has 0 atom stereocenters. The van der Waals surface area contributed by atoms with Crippen LogP contribution in [-0.4, -0.2) is 10.9 Å². The number of pyridine rings is 1. The van der Waals surface area contributed by atoms with Gasteiger partial charge in [0.1, 0.15) is 0 Å². The van der Waals surface area contributed by atoms with Gasteiger partial charge in [0, 0.05) is 22.7 Å². The molecular formula is C25H28N2O2. The average molecular weight is 389 g/mol. The lowest BCUT2D eigenvalue weighted by Gasteiger charge is -2.30. The molecule has 1 saturated carbocycles. The van der Waals surface area contributed by atoms with E-state index < -0.39 is 0 Å². The second-order valence-electron chi connectivity index (χ2n) is 8.24. The summed E-state index contributed by atoms with van der Waals surface area (Å²) in [5, 5.41) is 0.979. The number of H-pyrrole nitrogens is 1. The van der Waals surface area contributed by atoms with Crippen LogP contribution >= 0.6 is 0 Å². The molecule has 1 N–H and O–H groups in total. The standard InChI is InChI=1S/C25H28N2O2/c1-17-12-13-22(14-18(17)2)27(25(29)19-8-4-3-5-9-19)16-21-15-20-10-6-7-11-23(20)26-24(21)28/h6-7,10-15,19H,3-5,8-9,16H2,1-2H3,(H,26,28). The molecular weight excluding hydrogens is 360 g/mol. The smallest absolute Gasteiger partial charge is 0.253 e. The zero-order valence-electron chi connectivity index (χ0n) is 17.2. The van der Waals surface area contributed by atoms with Gasteiger partial charge in [-0.1, -0.05) is 43.5 Å². The second-order valence-corrected chi connectivity index (χ2v) is 8.24. The van der Waals surface area contributed by atoms with Gasteiger partial charge < -0.3 is 9.88 Å². The number of benzene rings is 2. The number of nitrogens with one attached hydrogen (secondary N) is 1. The Morgan fingerprint density at radius 1 is 1.00 bits per heavy atom. The van der Waals surface area contributed by atoms with Crippen LogP contribution in [0.5, 0.6) is 0 Å². The van der Waals surface area contributed by atoms with E-state index in [1.165, 1.54) is 12.0 Å². The number of carbonyl (C=O) groups excluding carboxylic acids is 1. The van der Waals surface area contributed by atoms with Crippen molar-refractivity contribution in [2.75, 3.05) is 4.90 Å². The third kappa shape index (κ3) is 4.12. The molecule has 4 rings (SSSR count). The van der Waals surface area contributed by atoms with Crippen molar-refractivity contribution in [2.45, 2.75) is 52.5 Å². The first-order chi connectivity index (χ1) is 14.0. The molecule has 2 aromatic carbocycles. The number of hydrogen-bond donors (Lipinski definition) is 1. The highest BCUT2D eigenvalue weighted by Crippen LogP contribution is 2.29. The van der Waals surface area contributed by atoms with Gasteiger partial charge in [0.05, 0.1) is 6.54 Å². The van der Waals surface area contributed by atoms with Crippen molar-refractivity contribution in [1.29, 1.82) is 0 Å². The van der Waals surface area contributed by atoms with Crippen molar-refractivity contribution in [2.24, 2.45) is 5.92 Å². The fraction of sp³-hybridized carbons (Fsp3) is 0.360. The van der Waals surface area contributed by atoms with Crippen molar-refractivity contribution >= 4 is 22.5 Å². The highest BCUT2D eigenvalue weighted by molar-refractivity contribution is 5.95. The van der Waals surface area contributed by atoms with E-state index in [0.29, 0.717) is 5.56 Å². The lowest BCUT2D eigenvalue weighted by molar-refractivity contribution is -0.123. The highest BCUT2D eigenvalue weighted by Gasteiger charge is 2.28. The fourth-order valence-electron chi connectivity index (χ4n) is 4.24. The van der Waals surface area contributed by atoms with Crippen LogP contribution in [0, 0.1) is 19.8 Å². The molecule has 0 saturated heterocycles. The summed E-state index contributed by atoms with van der Waals surface area (Å²) in [7, 11) is 0. The first kappa shape index (κ1) is 19.4. The van der Waals surface area contributed by atoms with Crippen LogP contribution in [0.1, 0.15) is 48.8 Å². The monoisotopic (exact) mass is 388 g/mol. The maximum atomic E-state index is 13.5. The number of anilines is 1. The van der Waals surface area contributed by atoms with Crippen molar-refractivity contribution in [3.8, 4) is 0 Å². The van der Waals surface area contributed by atoms with Gasteiger partial charge in [0.25, 0.3) is 5.56 Å². The first-order valence-electron chi connectivity index (χ1n) is 10.5. The van der Waals surface area contributed by atoms with Crippen molar-refractivity contribution in [3.05, 3.63) is 75.6 Å². The van der Waals surface area contributed by atoms with E-state index in [2.05, 4.69) is 31.0 Å². The zero-order chi connectivity index (χ0) is 20.4. The van der Waals surface area contributed by atoms with Crippen LogP contribution < -0.4 is 10.5 Å². The summed E-state index contributed by atoms with van der Waals surface area (Å²) in [6, 6.07) is 15.8. The van der Waals surface area contributed by atoms with Crippen LogP contribution in [-0.2, 0) is 11.3 Å². The highest BCUT2D eigenvalue weighted by atomic mass is 16.2. The topological polar surface area (TPSA) is 53.2 Å². The number of aromatic nitrogens is 1. The SMILES string of the molecule is Cc1ccc(N(Cc2cc3ccccc3[nH]c2=O)C(=O)C2CCCCC2)cc1C. The van der Waals surface area contributed by atoms with E-state index >= 15 is 0 Å². The molecule has 29 heavy (non-hydrogen) atoms. The third-order valence-electron chi connectivity index (χ3n) is 6.18. The summed E-state index contributed by atoms with van der Waals surface area (Å²) in [6.07, 6.45) is 5.29. The van der Waals surface area contributed by atoms with Gasteiger partial charge in [0.15, 0.2) is 0 Å². The predicted molar refractivity (Wildman–Crippen MR) is 118 cm³/mol. The molecule has 1 fully saturated rings. The van der Waals surface area contributed by atoms with Crippen LogP contribution in [0.15, 0.2) is 53.3 Å². The molecule has 0 unspecified atom stereocenters. The van der Waals surface area contributed by atoms with Crippen LogP contribution in [0.2, 0.25) is 0 Å². The third-order valence-corrected chi connectivity index (χ3v) is 6.18. The Morgan fingerprint density at radius 2 is 1.76 bits per heavy atom. The van der Waals surface area contributed by atoms with Gasteiger partial charge in [-0.25, -0.2) is 0 Å². The number of rotatable bonds is 4. The Labute approximate surface area is 171 Å². The summed E-state index contributed by atoms with van der Waals surface area (Å²) >= 11 is 0. The number of amides is 1. The Hall–Kier alpha value is -2.88. The second kappa shape index (κ2) is 8.24. The molecule has 0 bridgehead atoms. The van der Waals surface area contributed by atoms with E-state index in [4.69, 9.17) is 0 Å². The summed E-state index contributed by atoms with van der Waals surface area (Å²) < 4.78 is 0. The molecule has 1 aromatic heterocycles. The van der Waals surface area contributed by atoms with E-state index in [1.807, 2.05) is 41.3 Å². The molecule has 150 valence electrons. The summed E-state index contributed by atoms with van der Waals surface area (Å²) in [5.74, 6) is 0.186. The van der Waals surface area contributed by atoms with E-state index in [1.54, 1.807) is 0 Å². The van der Waals surface area contributed by atoms with Gasteiger partial charge in [-0.3, -0.25) is 9.59 Å². The molecule has 0 aliphatic heterocycles. The van der Waals surface area contributed by atoms with Crippen LogP contribution in [0.3, 0.4) is 0 Å². The molecule has 1 aliphatic rings. The minimum absolute atomic E-state index is 0.0462. The van der Waals surface area contributed by atoms with Crippen LogP contribution in [0.4, 0.5) is 5.69 Å². The predicted octanol–water partition coefficient (Wildman–Crippen LogP) is 5.26. The van der Waals surface area contributed by atoms with Crippen molar-refractivity contribution in [3.63, 3.8) is 0 Å². The molecule has 1 aliphatic carbocycles. The first-order valence-corrected chi connectivity index (χ1v) is 10.5. The number of hydrogen-bond acceptors (Lipinski definition) is 2. The van der Waals surface area contributed by atoms with Gasteiger partial charge in [0.2, 0.25) is 5.91 Å². The molecule has 1 heterocycles. The Balaban J connectivity index is 1.73. The van der Waals surface area contributed by atoms with Gasteiger partial charge in [-0.2, -0.15) is 0 Å². The molecule has 3 aromatic rings. The molecule has 0 radical (unpaired) electrons. The van der Waals surface area contributed by atoms with E-state index in [9.17, 15) is 9.59 Å². The molecule has 4 nitrogen and oxygen atoms in total. The lowest BCUT2D eigenvalue weighted by Crippen LogP contribution is -2.38. The summed E-state index contributed by atoms with van der Waals surface area (Å²) in [6.45, 7) is 4.42. The largest absolute Gasteiger partial charge is 0.322 e. The summed E-state index contributed by atoms with van der Waals surface area (Å²) in [4.78, 5) is 31.0. The van der Waals surface area contributed by atoms with Crippen molar-refractivity contribution in [1.82, 2.24) is 4.98 Å². The minimum atomic E-state index is -0.131. The molecule has 4 heteroatoms. The summed E-state index contributed by atoms with van der Waals surface area (Å²) in [5.41, 5.74) is 4.52. The minimum Gasteiger partial charge on any atom is -0.322 e. The van der Waals surface area contributed by atoms with Crippen LogP contribution in [0.25, 0.3) is 10.9 Å². The molecule has 0 spiro atoms. The number of aryl methyl sites for hydroxylation is 2. The number of carbonyl (C=O) groups is 1. The zero-order valence-corrected chi connectivity index (χ0v) is 17.2. The maximum Gasteiger partial charge on any atom is 0.253 e. The maximum absolute atomic E-state index is 13.5. The number of fused-ring (bicyclic) bond motifs is 1. The number of nitrogens with zero attached hydrogens (tertiary/aromatic N) is 1. The van der Waals surface area contributed by atoms with Gasteiger partial charge in [-0.05, 0) is 67.5 Å². The fourth-order valence-corrected chi connectivity index (χ4v) is 4.24.